The first-order valence-corrected chi connectivity index (χ1v) is 7.45. The zero-order chi connectivity index (χ0) is 15.4. The fourth-order valence-electron chi connectivity index (χ4n) is 2.74. The van der Waals surface area contributed by atoms with Gasteiger partial charge in [0.15, 0.2) is 0 Å². The molecule has 1 saturated heterocycles. The van der Waals surface area contributed by atoms with Crippen LogP contribution in [0.5, 0.6) is 0 Å². The number of hydrogen-bond donors (Lipinski definition) is 3. The van der Waals surface area contributed by atoms with Gasteiger partial charge < -0.3 is 16.1 Å². The number of carbonyl (C=O) groups is 1. The minimum absolute atomic E-state index is 0.114. The number of amides is 1. The van der Waals surface area contributed by atoms with Gasteiger partial charge in [-0.2, -0.15) is 0 Å². The summed E-state index contributed by atoms with van der Waals surface area (Å²) in [6, 6.07) is 0. The summed E-state index contributed by atoms with van der Waals surface area (Å²) in [5, 5.41) is 0. The number of aryl methyl sites for hydroxylation is 1. The van der Waals surface area contributed by atoms with Crippen LogP contribution in [-0.4, -0.2) is 29.0 Å². The van der Waals surface area contributed by atoms with Crippen molar-refractivity contribution in [2.24, 2.45) is 17.5 Å². The van der Waals surface area contributed by atoms with Gasteiger partial charge in [-0.3, -0.25) is 4.79 Å². The highest BCUT2D eigenvalue weighted by atomic mass is 16.1. The molecule has 2 heterocycles. The van der Waals surface area contributed by atoms with Gasteiger partial charge >= 0.3 is 0 Å². The maximum absolute atomic E-state index is 11.4. The molecular formula is C14H24N6O. The molecule has 7 heteroatoms. The molecule has 0 saturated carbocycles. The van der Waals surface area contributed by atoms with Crippen LogP contribution in [0.4, 0.5) is 11.6 Å². The van der Waals surface area contributed by atoms with Gasteiger partial charge in [0.1, 0.15) is 17.5 Å². The minimum atomic E-state index is -0.239. The Labute approximate surface area is 125 Å². The van der Waals surface area contributed by atoms with E-state index in [1.54, 1.807) is 0 Å². The summed E-state index contributed by atoms with van der Waals surface area (Å²) < 4.78 is 0. The lowest BCUT2D eigenvalue weighted by Gasteiger charge is -2.33. The smallest absolute Gasteiger partial charge is 0.222 e. The van der Waals surface area contributed by atoms with Gasteiger partial charge in [-0.25, -0.2) is 15.8 Å². The maximum Gasteiger partial charge on any atom is 0.222 e. The molecule has 2 rings (SSSR count). The Balaban J connectivity index is 2.32. The van der Waals surface area contributed by atoms with E-state index in [9.17, 15) is 4.79 Å². The van der Waals surface area contributed by atoms with E-state index >= 15 is 0 Å². The van der Waals surface area contributed by atoms with Crippen molar-refractivity contribution >= 4 is 17.5 Å². The highest BCUT2D eigenvalue weighted by Crippen LogP contribution is 2.27. The van der Waals surface area contributed by atoms with E-state index < -0.39 is 0 Å². The first-order chi connectivity index (χ1) is 10.1. The van der Waals surface area contributed by atoms with E-state index in [1.165, 1.54) is 0 Å². The number of piperidine rings is 1. The van der Waals surface area contributed by atoms with Crippen LogP contribution in [0.2, 0.25) is 0 Å². The van der Waals surface area contributed by atoms with Crippen LogP contribution in [0.25, 0.3) is 0 Å². The number of anilines is 2. The molecule has 1 unspecified atom stereocenters. The van der Waals surface area contributed by atoms with E-state index in [4.69, 9.17) is 11.6 Å². The topological polar surface area (TPSA) is 110 Å². The van der Waals surface area contributed by atoms with Crippen molar-refractivity contribution in [2.75, 3.05) is 23.4 Å². The molecule has 116 valence electrons. The van der Waals surface area contributed by atoms with Crippen LogP contribution in [0.3, 0.4) is 0 Å². The fraction of sp³-hybridized carbons (Fsp3) is 0.643. The van der Waals surface area contributed by atoms with Crippen molar-refractivity contribution in [3.05, 3.63) is 11.4 Å². The van der Waals surface area contributed by atoms with Crippen LogP contribution in [0.1, 0.15) is 37.6 Å². The SMILES string of the molecule is CCCc1nc(NN)c(C)c(N2CCCC(C(N)=O)C2)n1. The Hall–Kier alpha value is -1.89. The first-order valence-electron chi connectivity index (χ1n) is 7.45. The van der Waals surface area contributed by atoms with E-state index in [1.807, 2.05) is 6.92 Å². The maximum atomic E-state index is 11.4. The van der Waals surface area contributed by atoms with E-state index in [2.05, 4.69) is 27.2 Å². The van der Waals surface area contributed by atoms with E-state index in [0.29, 0.717) is 12.4 Å². The van der Waals surface area contributed by atoms with E-state index in [0.717, 1.165) is 49.4 Å². The predicted molar refractivity (Wildman–Crippen MR) is 82.7 cm³/mol. The second kappa shape index (κ2) is 6.71. The summed E-state index contributed by atoms with van der Waals surface area (Å²) in [6.45, 7) is 5.51. The van der Waals surface area contributed by atoms with Crippen molar-refractivity contribution < 1.29 is 4.79 Å². The zero-order valence-electron chi connectivity index (χ0n) is 12.7. The molecule has 1 aromatic rings. The molecule has 0 aromatic carbocycles. The Morgan fingerprint density at radius 2 is 2.24 bits per heavy atom. The molecular weight excluding hydrogens is 268 g/mol. The van der Waals surface area contributed by atoms with Gasteiger partial charge in [0.25, 0.3) is 0 Å². The number of hydrazine groups is 1. The molecule has 1 fully saturated rings. The lowest BCUT2D eigenvalue weighted by molar-refractivity contribution is -0.122. The standard InChI is InChI=1S/C14H24N6O/c1-3-5-11-17-13(19-16)9(2)14(18-11)20-7-4-6-10(8-20)12(15)21/h10H,3-8,16H2,1-2H3,(H2,15,21)(H,17,18,19). The van der Waals surface area contributed by atoms with Gasteiger partial charge in [-0.15, -0.1) is 0 Å². The number of nitrogens with one attached hydrogen (secondary N) is 1. The number of nitrogen functional groups attached to an aromatic ring is 1. The predicted octanol–water partition coefficient (Wildman–Crippen LogP) is 0.725. The lowest BCUT2D eigenvalue weighted by atomic mass is 9.97. The third-order valence-electron chi connectivity index (χ3n) is 3.90. The average molecular weight is 292 g/mol. The largest absolute Gasteiger partial charge is 0.369 e. The van der Waals surface area contributed by atoms with Crippen molar-refractivity contribution in [2.45, 2.75) is 39.5 Å². The highest BCUT2D eigenvalue weighted by Gasteiger charge is 2.26. The van der Waals surface area contributed by atoms with Crippen molar-refractivity contribution in [1.82, 2.24) is 9.97 Å². The number of nitrogens with zero attached hydrogens (tertiary/aromatic N) is 3. The molecule has 5 N–H and O–H groups in total. The van der Waals surface area contributed by atoms with Crippen molar-refractivity contribution in [3.63, 3.8) is 0 Å². The van der Waals surface area contributed by atoms with Gasteiger partial charge in [0.05, 0.1) is 5.92 Å². The van der Waals surface area contributed by atoms with Crippen LogP contribution in [-0.2, 0) is 11.2 Å². The van der Waals surface area contributed by atoms with Crippen LogP contribution in [0, 0.1) is 12.8 Å². The number of nitrogens with two attached hydrogens (primary N) is 2. The summed E-state index contributed by atoms with van der Waals surface area (Å²) in [6.07, 6.45) is 3.55. The van der Waals surface area contributed by atoms with Gasteiger partial charge in [0, 0.05) is 25.1 Å². The Kier molecular flexibility index (Phi) is 4.95. The fourth-order valence-corrected chi connectivity index (χ4v) is 2.74. The average Bonchev–Trinajstić information content (AvgIpc) is 2.49. The monoisotopic (exact) mass is 292 g/mol. The minimum Gasteiger partial charge on any atom is -0.369 e. The Bertz CT molecular complexity index is 518. The number of primary amides is 1. The molecule has 21 heavy (non-hydrogen) atoms. The molecule has 0 spiro atoms. The van der Waals surface area contributed by atoms with E-state index in [-0.39, 0.29) is 11.8 Å². The molecule has 1 amide bonds. The second-order valence-corrected chi connectivity index (χ2v) is 5.52. The quantitative estimate of drug-likeness (QED) is 0.545. The van der Waals surface area contributed by atoms with Gasteiger partial charge in [0.2, 0.25) is 5.91 Å². The third kappa shape index (κ3) is 3.41. The molecule has 0 radical (unpaired) electrons. The van der Waals surface area contributed by atoms with Crippen LogP contribution < -0.4 is 21.9 Å². The van der Waals surface area contributed by atoms with Crippen LogP contribution in [0.15, 0.2) is 0 Å². The third-order valence-corrected chi connectivity index (χ3v) is 3.90. The summed E-state index contributed by atoms with van der Waals surface area (Å²) in [7, 11) is 0. The summed E-state index contributed by atoms with van der Waals surface area (Å²) in [5.74, 6) is 7.47. The number of hydrogen-bond acceptors (Lipinski definition) is 6. The lowest BCUT2D eigenvalue weighted by Crippen LogP contribution is -2.42. The zero-order valence-corrected chi connectivity index (χ0v) is 12.7. The molecule has 7 nitrogen and oxygen atoms in total. The Morgan fingerprint density at radius 1 is 1.48 bits per heavy atom. The molecule has 1 aliphatic rings. The summed E-state index contributed by atoms with van der Waals surface area (Å²) in [4.78, 5) is 22.6. The summed E-state index contributed by atoms with van der Waals surface area (Å²) >= 11 is 0. The molecule has 1 aromatic heterocycles. The molecule has 0 bridgehead atoms. The molecule has 1 aliphatic heterocycles. The van der Waals surface area contributed by atoms with Crippen molar-refractivity contribution in [3.8, 4) is 0 Å². The molecule has 0 aliphatic carbocycles. The number of aromatic nitrogens is 2. The number of rotatable bonds is 5. The summed E-state index contributed by atoms with van der Waals surface area (Å²) in [5.41, 5.74) is 8.99. The van der Waals surface area contributed by atoms with Gasteiger partial charge in [-0.05, 0) is 26.2 Å². The van der Waals surface area contributed by atoms with Crippen molar-refractivity contribution in [1.29, 1.82) is 0 Å². The van der Waals surface area contributed by atoms with Crippen LogP contribution >= 0.6 is 0 Å². The second-order valence-electron chi connectivity index (χ2n) is 5.52. The van der Waals surface area contributed by atoms with Gasteiger partial charge in [-0.1, -0.05) is 6.92 Å². The Morgan fingerprint density at radius 3 is 2.86 bits per heavy atom. The normalized spacial score (nSPS) is 18.6. The number of carbonyl (C=O) groups excluding carboxylic acids is 1. The first kappa shape index (κ1) is 15.5. The highest BCUT2D eigenvalue weighted by molar-refractivity contribution is 5.77. The molecule has 1 atom stereocenters.